The van der Waals surface area contributed by atoms with Crippen molar-refractivity contribution < 1.29 is 9.90 Å². The van der Waals surface area contributed by atoms with Gasteiger partial charge >= 0.3 is 0 Å². The molecule has 0 saturated heterocycles. The largest absolute Gasteiger partial charge is 0.507 e. The number of hydrazone groups is 1. The summed E-state index contributed by atoms with van der Waals surface area (Å²) >= 11 is 7.28. The summed E-state index contributed by atoms with van der Waals surface area (Å²) < 4.78 is 1.80. The third kappa shape index (κ3) is 5.28. The Morgan fingerprint density at radius 2 is 2.13 bits per heavy atom. The number of carbonyl (C=O) groups excluding carboxylic acids is 1. The normalized spacial score (nSPS) is 11.0. The number of para-hydroxylation sites is 1. The van der Waals surface area contributed by atoms with E-state index in [2.05, 4.69) is 27.3 Å². The number of benzene rings is 2. The first-order chi connectivity index (χ1) is 14.5. The van der Waals surface area contributed by atoms with Crippen LogP contribution in [0.4, 0.5) is 0 Å². The molecule has 0 radical (unpaired) electrons. The molecule has 0 aliphatic carbocycles. The van der Waals surface area contributed by atoms with Gasteiger partial charge in [-0.3, -0.25) is 4.79 Å². The molecule has 1 aromatic heterocycles. The summed E-state index contributed by atoms with van der Waals surface area (Å²) in [5.41, 5.74) is 4.55. The van der Waals surface area contributed by atoms with Crippen LogP contribution in [0.15, 0.2) is 65.4 Å². The monoisotopic (exact) mass is 441 g/mol. The van der Waals surface area contributed by atoms with E-state index in [4.69, 9.17) is 11.6 Å². The minimum absolute atomic E-state index is 0.112. The van der Waals surface area contributed by atoms with Crippen LogP contribution in [0.2, 0.25) is 5.02 Å². The van der Waals surface area contributed by atoms with E-state index >= 15 is 0 Å². The van der Waals surface area contributed by atoms with Gasteiger partial charge in [0.25, 0.3) is 5.91 Å². The van der Waals surface area contributed by atoms with Gasteiger partial charge < -0.3 is 9.67 Å². The summed E-state index contributed by atoms with van der Waals surface area (Å²) in [6.45, 7) is 3.66. The summed E-state index contributed by atoms with van der Waals surface area (Å²) in [6.07, 6.45) is 3.66. The molecule has 1 heterocycles. The Morgan fingerprint density at radius 3 is 2.90 bits per heavy atom. The maximum atomic E-state index is 12.1. The van der Waals surface area contributed by atoms with Gasteiger partial charge in [0, 0.05) is 23.2 Å². The number of aromatic nitrogens is 3. The quantitative estimate of drug-likeness (QED) is 0.240. The van der Waals surface area contributed by atoms with Gasteiger partial charge in [-0.05, 0) is 30.2 Å². The molecule has 2 N–H and O–H groups in total. The van der Waals surface area contributed by atoms with Gasteiger partial charge in [0.2, 0.25) is 0 Å². The minimum Gasteiger partial charge on any atom is -0.507 e. The first-order valence-corrected chi connectivity index (χ1v) is 10.4. The van der Waals surface area contributed by atoms with Crippen LogP contribution in [0.25, 0.3) is 11.4 Å². The topological polar surface area (TPSA) is 92.4 Å². The summed E-state index contributed by atoms with van der Waals surface area (Å²) in [4.78, 5) is 12.1. The zero-order valence-corrected chi connectivity index (χ0v) is 17.8. The molecular weight excluding hydrogens is 422 g/mol. The maximum absolute atomic E-state index is 12.1. The molecule has 0 unspecified atom stereocenters. The summed E-state index contributed by atoms with van der Waals surface area (Å²) in [5, 5.41) is 23.6. The predicted octanol–water partition coefficient (Wildman–Crippen LogP) is 3.81. The third-order valence-corrected chi connectivity index (χ3v) is 5.41. The SMILES string of the molecule is C=CCc1cccc(C=NNC(=O)CSc2nnc(-c3cccc(Cl)c3)n2C)c1O. The van der Waals surface area contributed by atoms with Gasteiger partial charge in [-0.2, -0.15) is 5.10 Å². The van der Waals surface area contributed by atoms with Crippen molar-refractivity contribution in [2.75, 3.05) is 5.75 Å². The third-order valence-electron chi connectivity index (χ3n) is 4.16. The van der Waals surface area contributed by atoms with E-state index < -0.39 is 0 Å². The van der Waals surface area contributed by atoms with Crippen LogP contribution in [0.3, 0.4) is 0 Å². The Labute approximate surface area is 183 Å². The molecular formula is C21H20ClN5O2S. The number of thioether (sulfide) groups is 1. The first kappa shape index (κ1) is 21.6. The van der Waals surface area contributed by atoms with Crippen LogP contribution in [-0.2, 0) is 18.3 Å². The van der Waals surface area contributed by atoms with Crippen molar-refractivity contribution in [2.24, 2.45) is 12.1 Å². The summed E-state index contributed by atoms with van der Waals surface area (Å²) in [6, 6.07) is 12.7. The van der Waals surface area contributed by atoms with Crippen LogP contribution in [0.5, 0.6) is 5.75 Å². The fourth-order valence-electron chi connectivity index (χ4n) is 2.69. The molecule has 0 aliphatic heterocycles. The molecule has 9 heteroatoms. The number of hydrogen-bond donors (Lipinski definition) is 2. The molecule has 0 spiro atoms. The maximum Gasteiger partial charge on any atom is 0.250 e. The average Bonchev–Trinajstić information content (AvgIpc) is 3.10. The number of nitrogens with one attached hydrogen (secondary N) is 1. The summed E-state index contributed by atoms with van der Waals surface area (Å²) in [7, 11) is 1.83. The van der Waals surface area contributed by atoms with Crippen LogP contribution >= 0.6 is 23.4 Å². The van der Waals surface area contributed by atoms with Crippen molar-refractivity contribution in [2.45, 2.75) is 11.6 Å². The van der Waals surface area contributed by atoms with E-state index in [1.807, 2.05) is 31.3 Å². The average molecular weight is 442 g/mol. The Bertz CT molecular complexity index is 1100. The number of nitrogens with zero attached hydrogens (tertiary/aromatic N) is 4. The van der Waals surface area contributed by atoms with Crippen molar-refractivity contribution in [1.29, 1.82) is 0 Å². The van der Waals surface area contributed by atoms with E-state index in [0.717, 1.165) is 11.1 Å². The summed E-state index contributed by atoms with van der Waals surface area (Å²) in [5.74, 6) is 0.595. The highest BCUT2D eigenvalue weighted by molar-refractivity contribution is 7.99. The zero-order chi connectivity index (χ0) is 21.5. The second-order valence-electron chi connectivity index (χ2n) is 6.31. The molecule has 30 heavy (non-hydrogen) atoms. The fourth-order valence-corrected chi connectivity index (χ4v) is 3.59. The Hall–Kier alpha value is -3.10. The van der Waals surface area contributed by atoms with Crippen molar-refractivity contribution >= 4 is 35.5 Å². The number of phenolic OH excluding ortho intramolecular Hbond substituents is 1. The van der Waals surface area contributed by atoms with Crippen LogP contribution in [-0.4, -0.2) is 37.7 Å². The number of amides is 1. The highest BCUT2D eigenvalue weighted by Gasteiger charge is 2.13. The molecule has 0 aliphatic rings. The zero-order valence-electron chi connectivity index (χ0n) is 16.2. The number of halogens is 1. The van der Waals surface area contributed by atoms with Gasteiger partial charge in [-0.1, -0.05) is 53.7 Å². The molecule has 0 fully saturated rings. The smallest absolute Gasteiger partial charge is 0.250 e. The number of rotatable bonds is 8. The molecule has 3 rings (SSSR count). The van der Waals surface area contributed by atoms with E-state index in [1.54, 1.807) is 28.8 Å². The lowest BCUT2D eigenvalue weighted by Gasteiger charge is -2.05. The fraction of sp³-hybridized carbons (Fsp3) is 0.143. The Morgan fingerprint density at radius 1 is 1.33 bits per heavy atom. The second kappa shape index (κ2) is 10.1. The lowest BCUT2D eigenvalue weighted by molar-refractivity contribution is -0.118. The molecule has 7 nitrogen and oxygen atoms in total. The number of carbonyl (C=O) groups is 1. The highest BCUT2D eigenvalue weighted by atomic mass is 35.5. The van der Waals surface area contributed by atoms with Gasteiger partial charge in [0.15, 0.2) is 11.0 Å². The molecule has 0 saturated carbocycles. The van der Waals surface area contributed by atoms with Gasteiger partial charge in [-0.25, -0.2) is 5.43 Å². The molecule has 2 aromatic carbocycles. The molecule has 154 valence electrons. The van der Waals surface area contributed by atoms with Crippen molar-refractivity contribution in [1.82, 2.24) is 20.2 Å². The Balaban J connectivity index is 1.57. The van der Waals surface area contributed by atoms with E-state index in [1.165, 1.54) is 18.0 Å². The standard InChI is InChI=1S/C21H20ClN5O2S/c1-3-6-14-7-4-9-16(19(14)29)12-23-24-18(28)13-30-21-26-25-20(27(21)2)15-8-5-10-17(22)11-15/h3-5,7-12,29H,1,6,13H2,2H3,(H,24,28). The van der Waals surface area contributed by atoms with E-state index in [0.29, 0.717) is 28.0 Å². The van der Waals surface area contributed by atoms with E-state index in [-0.39, 0.29) is 17.4 Å². The molecule has 3 aromatic rings. The van der Waals surface area contributed by atoms with Crippen LogP contribution < -0.4 is 5.43 Å². The number of allylic oxidation sites excluding steroid dienone is 1. The number of aromatic hydroxyl groups is 1. The minimum atomic E-state index is -0.301. The molecule has 0 atom stereocenters. The first-order valence-electron chi connectivity index (χ1n) is 9.01. The highest BCUT2D eigenvalue weighted by Crippen LogP contribution is 2.24. The van der Waals surface area contributed by atoms with Crippen LogP contribution in [0, 0.1) is 0 Å². The lowest BCUT2D eigenvalue weighted by Crippen LogP contribution is -2.20. The Kier molecular flexibility index (Phi) is 7.26. The number of phenols is 1. The molecule has 0 bridgehead atoms. The van der Waals surface area contributed by atoms with Crippen molar-refractivity contribution in [3.05, 3.63) is 71.3 Å². The van der Waals surface area contributed by atoms with Gasteiger partial charge in [0.05, 0.1) is 12.0 Å². The lowest BCUT2D eigenvalue weighted by atomic mass is 10.1. The molecule has 1 amide bonds. The van der Waals surface area contributed by atoms with E-state index in [9.17, 15) is 9.90 Å². The van der Waals surface area contributed by atoms with Crippen molar-refractivity contribution in [3.63, 3.8) is 0 Å². The van der Waals surface area contributed by atoms with Crippen LogP contribution in [0.1, 0.15) is 11.1 Å². The second-order valence-corrected chi connectivity index (χ2v) is 7.68. The number of hydrogen-bond acceptors (Lipinski definition) is 6. The van der Waals surface area contributed by atoms with Crippen molar-refractivity contribution in [3.8, 4) is 17.1 Å². The predicted molar refractivity (Wildman–Crippen MR) is 120 cm³/mol. The van der Waals surface area contributed by atoms with Gasteiger partial charge in [0.1, 0.15) is 5.75 Å². The van der Waals surface area contributed by atoms with Gasteiger partial charge in [-0.15, -0.1) is 16.8 Å².